The molecule has 2 aromatic carbocycles. The number of anilines is 1. The molecule has 0 heterocycles. The van der Waals surface area contributed by atoms with Gasteiger partial charge in [-0.05, 0) is 36.2 Å². The van der Waals surface area contributed by atoms with Gasteiger partial charge in [0.2, 0.25) is 0 Å². The number of benzene rings is 2. The van der Waals surface area contributed by atoms with Crippen LogP contribution in [0.2, 0.25) is 0 Å². The largest absolute Gasteiger partial charge is 0.497 e. The van der Waals surface area contributed by atoms with Gasteiger partial charge in [-0.1, -0.05) is 24.3 Å². The van der Waals surface area contributed by atoms with Crippen molar-refractivity contribution >= 4 is 17.4 Å². The fourth-order valence-corrected chi connectivity index (χ4v) is 2.91. The van der Waals surface area contributed by atoms with E-state index in [4.69, 9.17) is 10.5 Å². The zero-order chi connectivity index (χ0) is 14.5. The van der Waals surface area contributed by atoms with Crippen molar-refractivity contribution in [3.05, 3.63) is 53.6 Å². The lowest BCUT2D eigenvalue weighted by atomic mass is 10.1. The van der Waals surface area contributed by atoms with Crippen LogP contribution in [0.1, 0.15) is 17.2 Å². The first kappa shape index (κ1) is 14.8. The molecule has 0 aliphatic rings. The summed E-state index contributed by atoms with van der Waals surface area (Å²) < 4.78 is 5.16. The number of rotatable bonds is 5. The number of nitrogen functional groups attached to an aromatic ring is 1. The van der Waals surface area contributed by atoms with E-state index in [1.165, 1.54) is 0 Å². The van der Waals surface area contributed by atoms with E-state index in [2.05, 4.69) is 0 Å². The summed E-state index contributed by atoms with van der Waals surface area (Å²) in [5.41, 5.74) is 8.73. The highest BCUT2D eigenvalue weighted by atomic mass is 32.2. The Hall–Kier alpha value is -1.65. The lowest BCUT2D eigenvalue weighted by Crippen LogP contribution is -2.02. The molecule has 20 heavy (non-hydrogen) atoms. The summed E-state index contributed by atoms with van der Waals surface area (Å²) >= 11 is 1.56. The minimum atomic E-state index is -0.546. The van der Waals surface area contributed by atoms with Crippen LogP contribution in [-0.4, -0.2) is 18.0 Å². The van der Waals surface area contributed by atoms with Crippen LogP contribution in [0.25, 0.3) is 0 Å². The van der Waals surface area contributed by atoms with Gasteiger partial charge in [0.1, 0.15) is 5.75 Å². The van der Waals surface area contributed by atoms with Crippen LogP contribution in [0.5, 0.6) is 5.75 Å². The van der Waals surface area contributed by atoms with Gasteiger partial charge >= 0.3 is 0 Å². The average Bonchev–Trinajstić information content (AvgIpc) is 2.48. The van der Waals surface area contributed by atoms with E-state index in [0.29, 0.717) is 5.75 Å². The van der Waals surface area contributed by atoms with Crippen molar-refractivity contribution in [2.45, 2.75) is 17.9 Å². The van der Waals surface area contributed by atoms with Gasteiger partial charge in [-0.3, -0.25) is 0 Å². The zero-order valence-electron chi connectivity index (χ0n) is 11.7. The van der Waals surface area contributed by atoms with Crippen molar-refractivity contribution < 1.29 is 9.84 Å². The monoisotopic (exact) mass is 289 g/mol. The number of aryl methyl sites for hydroxylation is 1. The zero-order valence-corrected chi connectivity index (χ0v) is 12.5. The Morgan fingerprint density at radius 1 is 1.25 bits per heavy atom. The van der Waals surface area contributed by atoms with Crippen molar-refractivity contribution in [1.82, 2.24) is 0 Å². The molecule has 1 atom stereocenters. The van der Waals surface area contributed by atoms with Gasteiger partial charge < -0.3 is 15.6 Å². The molecular weight excluding hydrogens is 270 g/mol. The number of thioether (sulfide) groups is 1. The maximum atomic E-state index is 10.2. The van der Waals surface area contributed by atoms with E-state index in [1.54, 1.807) is 18.9 Å². The van der Waals surface area contributed by atoms with E-state index < -0.39 is 6.10 Å². The van der Waals surface area contributed by atoms with Crippen molar-refractivity contribution in [2.75, 3.05) is 18.6 Å². The second-order valence-corrected chi connectivity index (χ2v) is 5.65. The Morgan fingerprint density at radius 3 is 2.75 bits per heavy atom. The lowest BCUT2D eigenvalue weighted by molar-refractivity contribution is 0.203. The van der Waals surface area contributed by atoms with Gasteiger partial charge in [-0.15, -0.1) is 11.8 Å². The molecule has 0 aliphatic carbocycles. The molecule has 0 saturated heterocycles. The van der Waals surface area contributed by atoms with Gasteiger partial charge in [0, 0.05) is 16.3 Å². The molecule has 2 rings (SSSR count). The highest BCUT2D eigenvalue weighted by Gasteiger charge is 2.10. The quantitative estimate of drug-likeness (QED) is 0.654. The lowest BCUT2D eigenvalue weighted by Gasteiger charge is -2.13. The number of hydrogen-bond donors (Lipinski definition) is 2. The predicted octanol–water partition coefficient (Wildman–Crippen LogP) is 3.41. The normalized spacial score (nSPS) is 12.2. The molecule has 0 aliphatic heterocycles. The molecule has 0 spiro atoms. The first-order valence-corrected chi connectivity index (χ1v) is 7.40. The molecule has 0 aromatic heterocycles. The fourth-order valence-electron chi connectivity index (χ4n) is 1.89. The van der Waals surface area contributed by atoms with Crippen LogP contribution < -0.4 is 10.5 Å². The Bertz CT molecular complexity index is 586. The number of aliphatic hydroxyl groups excluding tert-OH is 1. The van der Waals surface area contributed by atoms with E-state index in [1.807, 2.05) is 49.4 Å². The molecule has 0 radical (unpaired) electrons. The molecule has 2 aromatic rings. The summed E-state index contributed by atoms with van der Waals surface area (Å²) in [6.07, 6.45) is -0.546. The third kappa shape index (κ3) is 3.46. The third-order valence-corrected chi connectivity index (χ3v) is 4.31. The Balaban J connectivity index is 2.04. The number of hydrogen-bond acceptors (Lipinski definition) is 4. The molecule has 0 bridgehead atoms. The Labute approximate surface area is 123 Å². The Morgan fingerprint density at radius 2 is 2.00 bits per heavy atom. The van der Waals surface area contributed by atoms with Crippen molar-refractivity contribution in [2.24, 2.45) is 0 Å². The van der Waals surface area contributed by atoms with Gasteiger partial charge in [-0.25, -0.2) is 0 Å². The molecule has 1 unspecified atom stereocenters. The van der Waals surface area contributed by atoms with Crippen LogP contribution in [0.3, 0.4) is 0 Å². The number of nitrogens with two attached hydrogens (primary N) is 1. The second-order valence-electron chi connectivity index (χ2n) is 4.59. The molecule has 106 valence electrons. The van der Waals surface area contributed by atoms with Crippen LogP contribution in [-0.2, 0) is 0 Å². The number of aliphatic hydroxyl groups is 1. The van der Waals surface area contributed by atoms with E-state index in [-0.39, 0.29) is 0 Å². The number of ether oxygens (including phenoxy) is 1. The molecule has 0 saturated carbocycles. The minimum Gasteiger partial charge on any atom is -0.497 e. The number of para-hydroxylation sites is 1. The summed E-state index contributed by atoms with van der Waals surface area (Å²) in [5, 5.41) is 10.2. The van der Waals surface area contributed by atoms with Gasteiger partial charge in [0.05, 0.1) is 13.2 Å². The molecule has 0 fully saturated rings. The number of methoxy groups -OCH3 is 1. The molecule has 3 N–H and O–H groups in total. The second kappa shape index (κ2) is 6.68. The third-order valence-electron chi connectivity index (χ3n) is 3.16. The summed E-state index contributed by atoms with van der Waals surface area (Å²) in [4.78, 5) is 1.01. The topological polar surface area (TPSA) is 55.5 Å². The standard InChI is InChI=1S/C16H19NO2S/c1-11-5-3-8-15(16(11)17)20-10-14(18)12-6-4-7-13(9-12)19-2/h3-9,14,18H,10,17H2,1-2H3. The van der Waals surface area contributed by atoms with Crippen molar-refractivity contribution in [1.29, 1.82) is 0 Å². The maximum absolute atomic E-state index is 10.2. The molecule has 0 amide bonds. The molecule has 4 heteroatoms. The summed E-state index contributed by atoms with van der Waals surface area (Å²) in [6, 6.07) is 13.4. The summed E-state index contributed by atoms with van der Waals surface area (Å²) in [7, 11) is 1.62. The summed E-state index contributed by atoms with van der Waals surface area (Å²) in [6.45, 7) is 1.98. The van der Waals surface area contributed by atoms with E-state index in [0.717, 1.165) is 27.5 Å². The SMILES string of the molecule is COc1cccc(C(O)CSc2cccc(C)c2N)c1. The highest BCUT2D eigenvalue weighted by Crippen LogP contribution is 2.31. The van der Waals surface area contributed by atoms with E-state index >= 15 is 0 Å². The molecule has 3 nitrogen and oxygen atoms in total. The predicted molar refractivity (Wildman–Crippen MR) is 84.3 cm³/mol. The highest BCUT2D eigenvalue weighted by molar-refractivity contribution is 7.99. The van der Waals surface area contributed by atoms with Crippen molar-refractivity contribution in [3.8, 4) is 5.75 Å². The first-order valence-electron chi connectivity index (χ1n) is 6.41. The Kier molecular flexibility index (Phi) is 4.93. The van der Waals surface area contributed by atoms with Gasteiger partial charge in [0.15, 0.2) is 0 Å². The van der Waals surface area contributed by atoms with Crippen LogP contribution in [0, 0.1) is 6.92 Å². The maximum Gasteiger partial charge on any atom is 0.119 e. The first-order chi connectivity index (χ1) is 9.61. The fraction of sp³-hybridized carbons (Fsp3) is 0.250. The molecular formula is C16H19NO2S. The van der Waals surface area contributed by atoms with Gasteiger partial charge in [-0.2, -0.15) is 0 Å². The van der Waals surface area contributed by atoms with E-state index in [9.17, 15) is 5.11 Å². The smallest absolute Gasteiger partial charge is 0.119 e. The minimum absolute atomic E-state index is 0.546. The van der Waals surface area contributed by atoms with Crippen LogP contribution >= 0.6 is 11.8 Å². The van der Waals surface area contributed by atoms with Gasteiger partial charge in [0.25, 0.3) is 0 Å². The van der Waals surface area contributed by atoms with Crippen molar-refractivity contribution in [3.63, 3.8) is 0 Å². The average molecular weight is 289 g/mol. The van der Waals surface area contributed by atoms with Crippen LogP contribution in [0.15, 0.2) is 47.4 Å². The summed E-state index contributed by atoms with van der Waals surface area (Å²) in [5.74, 6) is 1.31. The van der Waals surface area contributed by atoms with Crippen LogP contribution in [0.4, 0.5) is 5.69 Å².